The van der Waals surface area contributed by atoms with E-state index in [1.54, 1.807) is 143 Å². The lowest BCUT2D eigenvalue weighted by molar-refractivity contribution is -0.295. The van der Waals surface area contributed by atoms with Crippen molar-refractivity contribution in [3.05, 3.63) is 97.2 Å². The summed E-state index contributed by atoms with van der Waals surface area (Å²) >= 11 is 0. The Kier molecular flexibility index (Phi) is 33.2. The monoisotopic (exact) mass is 1620 g/mol. The lowest BCUT2D eigenvalue weighted by atomic mass is 9.73. The molecule has 9 rings (SSSR count). The van der Waals surface area contributed by atoms with E-state index in [4.69, 9.17) is 56.8 Å². The highest BCUT2D eigenvalue weighted by Gasteiger charge is 2.61. The van der Waals surface area contributed by atoms with Gasteiger partial charge in [-0.25, -0.2) is 28.9 Å². The Hall–Kier alpha value is -8.20. The molecule has 8 heterocycles. The number of methoxy groups -OCH3 is 3. The first kappa shape index (κ1) is 94.9. The molecule has 5 aliphatic rings. The molecule has 644 valence electrons. The van der Waals surface area contributed by atoms with Gasteiger partial charge in [-0.05, 0) is 172 Å². The van der Waals surface area contributed by atoms with Crippen LogP contribution in [-0.2, 0) is 87.4 Å². The summed E-state index contributed by atoms with van der Waals surface area (Å²) in [6, 6.07) is 8.94. The Morgan fingerprint density at radius 3 is 1.77 bits per heavy atom. The van der Waals surface area contributed by atoms with E-state index in [0.717, 1.165) is 15.8 Å². The molecule has 0 bridgehead atoms. The summed E-state index contributed by atoms with van der Waals surface area (Å²) in [5.74, 6) is -9.57. The van der Waals surface area contributed by atoms with Crippen LogP contribution in [0.1, 0.15) is 180 Å². The lowest BCUT2D eigenvalue weighted by Crippen LogP contribution is -2.60. The van der Waals surface area contributed by atoms with Crippen molar-refractivity contribution in [3.8, 4) is 17.0 Å². The third-order valence-electron chi connectivity index (χ3n) is 24.0. The number of hydrogen-bond donors (Lipinski definition) is 1. The van der Waals surface area contributed by atoms with E-state index in [0.29, 0.717) is 43.5 Å². The maximum absolute atomic E-state index is 14.7. The zero-order chi connectivity index (χ0) is 85.1. The number of esters is 3. The van der Waals surface area contributed by atoms with Gasteiger partial charge in [-0.2, -0.15) is 0 Å². The molecule has 0 aliphatic carbocycles. The van der Waals surface area contributed by atoms with Gasteiger partial charge in [0, 0.05) is 93.9 Å². The number of aromatic nitrogens is 5. The van der Waals surface area contributed by atoms with E-state index in [9.17, 15) is 48.3 Å². The van der Waals surface area contributed by atoms with E-state index in [2.05, 4.69) is 15.0 Å². The molecule has 0 unspecified atom stereocenters. The second-order valence-corrected chi connectivity index (χ2v) is 33.1. The van der Waals surface area contributed by atoms with Crippen LogP contribution >= 0.6 is 0 Å². The number of ketones is 4. The molecule has 30 nitrogen and oxygen atoms in total. The summed E-state index contributed by atoms with van der Waals surface area (Å²) < 4.78 is 77.2. The van der Waals surface area contributed by atoms with Crippen molar-refractivity contribution in [2.45, 2.75) is 278 Å². The van der Waals surface area contributed by atoms with Crippen LogP contribution in [0.5, 0.6) is 5.75 Å². The molecule has 1 amide bonds. The number of carbonyl (C=O) groups is 9. The molecular formula is C86H128N8O22. The van der Waals surface area contributed by atoms with Gasteiger partial charge in [-0.3, -0.25) is 33.8 Å². The van der Waals surface area contributed by atoms with Crippen LogP contribution in [0, 0.1) is 41.4 Å². The number of cyclic esters (lactones) is 2. The van der Waals surface area contributed by atoms with Gasteiger partial charge in [-0.1, -0.05) is 74.1 Å². The molecule has 3 aromatic heterocycles. The van der Waals surface area contributed by atoms with Crippen LogP contribution in [0.2, 0.25) is 0 Å². The van der Waals surface area contributed by atoms with E-state index >= 15 is 0 Å². The first-order valence-electron chi connectivity index (χ1n) is 40.1. The number of hydrogen-bond acceptors (Lipinski definition) is 27. The average Bonchev–Trinajstić information content (AvgIpc) is 1.57. The molecule has 1 aromatic carbocycles. The van der Waals surface area contributed by atoms with Crippen molar-refractivity contribution in [3.63, 3.8) is 0 Å². The number of nitrogens with zero attached hydrogens (tertiary/aromatic N) is 8. The van der Waals surface area contributed by atoms with Crippen LogP contribution in [0.4, 0.5) is 9.59 Å². The maximum atomic E-state index is 14.7. The summed E-state index contributed by atoms with van der Waals surface area (Å²) in [5.41, 5.74) is -3.52. The highest BCUT2D eigenvalue weighted by atomic mass is 16.7. The van der Waals surface area contributed by atoms with Gasteiger partial charge in [0.15, 0.2) is 47.2 Å². The smallest absolute Gasteiger partial charge is 0.420 e. The molecule has 5 aliphatic heterocycles. The number of aryl methyl sites for hydroxylation is 1. The van der Waals surface area contributed by atoms with Gasteiger partial charge < -0.3 is 81.2 Å². The number of imidazole rings is 2. The SMILES string of the molecule is C.CC[C@H]1OC(=O)[C@H](C)C(=O)[C@H](C)[C@@H](O[C@@H]2O[C@H](C)C[C@H](N(C)C)[C@H]2O)[C@@](C)(OC)C[C@@H](C)C(=O)[C@H](C)[C@H]2N(CCCCn3cnc(-c4cnccc4OC)c3)C(=O)O[C@]12C.CC[C@H]1OC(=O)[C@H](C)C(=O)[C@H](C)[C@@H](O[C@@H]2O[C@H](C)C[C@H](N(C)C)[C@H]2OC(=O)c2ccccc2)[C@@](C)(OC)C[C@@H](C)C(=O)/C(C)=C/[C@]1(C)OC(=O)n1ccnc1. The van der Waals surface area contributed by atoms with Gasteiger partial charge in [0.1, 0.15) is 48.0 Å². The van der Waals surface area contributed by atoms with Crippen molar-refractivity contribution < 1.29 is 105 Å². The van der Waals surface area contributed by atoms with Crippen LogP contribution < -0.4 is 4.74 Å². The van der Waals surface area contributed by atoms with Crippen LogP contribution in [-0.4, -0.2) is 255 Å². The fraction of sp³-hybridized carbons (Fsp3) is 0.674. The molecule has 4 fully saturated rings. The summed E-state index contributed by atoms with van der Waals surface area (Å²) in [6.07, 6.45) is 5.11. The number of aliphatic hydroxyl groups is 1. The maximum Gasteiger partial charge on any atom is 0.420 e. The number of carbonyl (C=O) groups excluding carboxylic acids is 9. The average molecular weight is 1630 g/mol. The summed E-state index contributed by atoms with van der Waals surface area (Å²) in [6.45, 7) is 28.2. The normalized spacial score (nSPS) is 35.1. The van der Waals surface area contributed by atoms with Crippen molar-refractivity contribution in [1.82, 2.24) is 38.8 Å². The van der Waals surface area contributed by atoms with Gasteiger partial charge in [0.25, 0.3) is 0 Å². The number of rotatable bonds is 20. The first-order valence-corrected chi connectivity index (χ1v) is 40.1. The molecular weight excluding hydrogens is 1500 g/mol. The van der Waals surface area contributed by atoms with Crippen molar-refractivity contribution in [1.29, 1.82) is 0 Å². The Labute approximate surface area is 683 Å². The number of pyridine rings is 1. The molecule has 30 heteroatoms. The number of ether oxygens (including phenoxy) is 12. The van der Waals surface area contributed by atoms with E-state index < -0.39 is 161 Å². The zero-order valence-corrected chi connectivity index (χ0v) is 71.3. The number of aliphatic hydroxyl groups excluding tert-OH is 1. The minimum atomic E-state index is -1.61. The molecule has 0 saturated carbocycles. The minimum Gasteiger partial charge on any atom is -0.496 e. The van der Waals surface area contributed by atoms with Crippen LogP contribution in [0.25, 0.3) is 11.3 Å². The number of allylic oxidation sites excluding steroid dienone is 1. The van der Waals surface area contributed by atoms with E-state index in [1.807, 2.05) is 69.5 Å². The predicted molar refractivity (Wildman–Crippen MR) is 428 cm³/mol. The fourth-order valence-electron chi connectivity index (χ4n) is 17.3. The number of benzene rings is 1. The highest BCUT2D eigenvalue weighted by Crippen LogP contribution is 2.45. The highest BCUT2D eigenvalue weighted by molar-refractivity contribution is 6.01. The fourth-order valence-corrected chi connectivity index (χ4v) is 17.3. The van der Waals surface area contributed by atoms with Gasteiger partial charge in [0.05, 0.1) is 78.0 Å². The van der Waals surface area contributed by atoms with Crippen LogP contribution in [0.3, 0.4) is 0 Å². The molecule has 4 saturated heterocycles. The van der Waals surface area contributed by atoms with Crippen molar-refractivity contribution >= 4 is 53.2 Å². The molecule has 116 heavy (non-hydrogen) atoms. The topological polar surface area (TPSA) is 343 Å². The predicted octanol–water partition coefficient (Wildman–Crippen LogP) is 11.0. The van der Waals surface area contributed by atoms with Crippen molar-refractivity contribution in [2.24, 2.45) is 41.4 Å². The molecule has 24 atom stereocenters. The minimum absolute atomic E-state index is 0. The lowest BCUT2D eigenvalue weighted by Gasteiger charge is -2.47. The Morgan fingerprint density at radius 1 is 0.664 bits per heavy atom. The standard InChI is InChI=1S/C44H67N5O11.C41H57N3O11.CH4/c1-13-34-44(8)38(49(42(54)60-44)19-15-14-18-48-23-31(46-24-48)30-22-45-17-16-33(30)55-11)27(4)35(50)25(2)21-43(7,56-12)39(28(5)36(51)29(6)40(53)58-34)59-41-37(52)32(47(9)10)20-26(3)57-41;1-12-31-40(7,55-39(49)44-19-18-42-23-44)21-24(2)32(45)25(3)22-41(8,50-11)35(27(5)33(46)28(6)36(47)52-31)54-38-34(30(43(9)10)20-26(4)51-38)53-37(48)29-16-14-13-15-17-29;/h16-17,22-29,32,34,37-39,41,52H,13-15,18-21H2,1-12H3;13-19,21,23,25-28,30-31,34-35,38H,12,20,22H2,1-11H3;1H4/b;24-21+;/t25-,26-,27+,28+,29-,32+,34-,37-,38-,39-,41+,43+,44-;25-,26-,27+,28-,30+,31-,34-,35-,38+,40+,41+;/m11./s1. The van der Waals surface area contributed by atoms with Gasteiger partial charge in [-0.15, -0.1) is 0 Å². The second kappa shape index (κ2) is 40.5. The van der Waals surface area contributed by atoms with Gasteiger partial charge >= 0.3 is 30.1 Å². The summed E-state index contributed by atoms with van der Waals surface area (Å²) in [4.78, 5) is 144. The largest absolute Gasteiger partial charge is 0.496 e. The Morgan fingerprint density at radius 2 is 1.22 bits per heavy atom. The van der Waals surface area contributed by atoms with E-state index in [1.165, 1.54) is 52.9 Å². The molecule has 0 spiro atoms. The Bertz CT molecular complexity index is 4020. The number of likely N-dealkylation sites (N-methyl/N-ethyl adjacent to an activating group) is 2. The molecule has 1 N–H and O–H groups in total. The van der Waals surface area contributed by atoms with E-state index in [-0.39, 0.29) is 81.1 Å². The quantitative estimate of drug-likeness (QED) is 0.0372. The molecule has 4 aromatic rings. The summed E-state index contributed by atoms with van der Waals surface area (Å²) in [7, 11) is 12.0. The third-order valence-corrected chi connectivity index (χ3v) is 24.0. The summed E-state index contributed by atoms with van der Waals surface area (Å²) in [5, 5.41) is 11.5. The Balaban J connectivity index is 0.000000319. The number of Topliss-reactive ketones (excluding diaryl/α,β-unsaturated/α-hetero) is 4. The molecule has 0 radical (unpaired) electrons. The van der Waals surface area contributed by atoms with Crippen molar-refractivity contribution in [2.75, 3.05) is 56.1 Å². The first-order chi connectivity index (χ1) is 54.2. The number of amides is 1. The second-order valence-electron chi connectivity index (χ2n) is 33.1. The zero-order valence-electron chi connectivity index (χ0n) is 71.3. The van der Waals surface area contributed by atoms with Crippen LogP contribution in [0.15, 0.2) is 91.7 Å². The number of unbranched alkanes of at least 4 members (excludes halogenated alkanes) is 1. The number of fused-ring (bicyclic) bond motifs is 1. The third kappa shape index (κ3) is 21.4. The van der Waals surface area contributed by atoms with Gasteiger partial charge in [0.2, 0.25) is 0 Å².